The van der Waals surface area contributed by atoms with Gasteiger partial charge in [0.15, 0.2) is 5.65 Å². The minimum absolute atomic E-state index is 0.713. The second-order valence-electron chi connectivity index (χ2n) is 8.17. The summed E-state index contributed by atoms with van der Waals surface area (Å²) in [5.41, 5.74) is 3.24. The van der Waals surface area contributed by atoms with E-state index in [1.807, 2.05) is 0 Å². The van der Waals surface area contributed by atoms with Crippen molar-refractivity contribution in [2.45, 2.75) is 51.5 Å². The van der Waals surface area contributed by atoms with Crippen molar-refractivity contribution in [3.63, 3.8) is 0 Å². The number of nitrogens with zero attached hydrogens (tertiary/aromatic N) is 4. The van der Waals surface area contributed by atoms with Crippen molar-refractivity contribution in [1.82, 2.24) is 20.2 Å². The third-order valence-electron chi connectivity index (χ3n) is 6.14. The van der Waals surface area contributed by atoms with E-state index in [1.165, 1.54) is 44.1 Å². The Morgan fingerprint density at radius 1 is 1.04 bits per heavy atom. The maximum atomic E-state index is 4.93. The molecule has 6 heteroatoms. The summed E-state index contributed by atoms with van der Waals surface area (Å²) < 4.78 is 0. The summed E-state index contributed by atoms with van der Waals surface area (Å²) in [6.07, 6.45) is 9.05. The number of rotatable bonds is 5. The summed E-state index contributed by atoms with van der Waals surface area (Å²) in [5.74, 6) is 2.45. The Labute approximate surface area is 165 Å². The van der Waals surface area contributed by atoms with Crippen molar-refractivity contribution in [2.75, 3.05) is 23.3 Å². The van der Waals surface area contributed by atoms with Gasteiger partial charge >= 0.3 is 0 Å². The van der Waals surface area contributed by atoms with E-state index in [-0.39, 0.29) is 0 Å². The normalized spacial score (nSPS) is 17.6. The Bertz CT molecular complexity index is 927. The van der Waals surface area contributed by atoms with Crippen LogP contribution >= 0.6 is 0 Å². The monoisotopic (exact) mass is 376 g/mol. The van der Waals surface area contributed by atoms with Gasteiger partial charge in [0.05, 0.1) is 11.1 Å². The Kier molecular flexibility index (Phi) is 4.85. The summed E-state index contributed by atoms with van der Waals surface area (Å²) in [6, 6.07) is 10.6. The molecule has 1 fully saturated rings. The molecule has 3 aromatic rings. The van der Waals surface area contributed by atoms with E-state index in [0.29, 0.717) is 5.95 Å². The number of hydrogen-bond donors (Lipinski definition) is 2. The number of H-pyrrole nitrogens is 1. The molecule has 0 radical (unpaired) electrons. The lowest BCUT2D eigenvalue weighted by atomic mass is 10.0. The van der Waals surface area contributed by atoms with Gasteiger partial charge in [0.25, 0.3) is 0 Å². The summed E-state index contributed by atoms with van der Waals surface area (Å²) >= 11 is 0. The highest BCUT2D eigenvalue weighted by Crippen LogP contribution is 2.32. The number of benzene rings is 1. The first-order valence-corrected chi connectivity index (χ1v) is 10.6. The molecular weight excluding hydrogens is 348 g/mol. The van der Waals surface area contributed by atoms with Gasteiger partial charge < -0.3 is 10.2 Å². The maximum Gasteiger partial charge on any atom is 0.226 e. The predicted molar refractivity (Wildman–Crippen MR) is 113 cm³/mol. The second kappa shape index (κ2) is 7.78. The largest absolute Gasteiger partial charge is 0.354 e. The molecule has 1 saturated carbocycles. The van der Waals surface area contributed by atoms with E-state index < -0.39 is 0 Å². The lowest BCUT2D eigenvalue weighted by Crippen LogP contribution is -2.30. The summed E-state index contributed by atoms with van der Waals surface area (Å²) in [6.45, 7) is 2.76. The molecule has 0 saturated heterocycles. The standard InChI is InChI=1S/C22H28N6/c1-2-5-9-16(8-4-1)14-23-22-24-20-19-18(26-27-20)12-13-28(21(19)25-22)15-17-10-6-3-7-11-17/h3,6-7,10-11,16H,1-2,4-5,8-9,12-15H2,(H2,23,24,25,26,27). The molecule has 6 nitrogen and oxygen atoms in total. The first-order valence-electron chi connectivity index (χ1n) is 10.6. The van der Waals surface area contributed by atoms with Crippen LogP contribution in [0.3, 0.4) is 0 Å². The van der Waals surface area contributed by atoms with Crippen LogP contribution < -0.4 is 10.2 Å². The molecule has 2 aromatic heterocycles. The maximum absolute atomic E-state index is 4.93. The first-order chi connectivity index (χ1) is 13.9. The molecule has 0 bridgehead atoms. The van der Waals surface area contributed by atoms with E-state index >= 15 is 0 Å². The third-order valence-corrected chi connectivity index (χ3v) is 6.14. The van der Waals surface area contributed by atoms with E-state index in [4.69, 9.17) is 9.97 Å². The fraction of sp³-hybridized carbons (Fsp3) is 0.500. The van der Waals surface area contributed by atoms with Crippen LogP contribution in [0.15, 0.2) is 30.3 Å². The zero-order valence-electron chi connectivity index (χ0n) is 16.3. The number of anilines is 2. The minimum atomic E-state index is 0.713. The van der Waals surface area contributed by atoms with Gasteiger partial charge in [-0.05, 0) is 24.3 Å². The molecule has 1 aliphatic carbocycles. The van der Waals surface area contributed by atoms with Crippen LogP contribution in [0.4, 0.5) is 11.8 Å². The SMILES string of the molecule is c1ccc(CN2CCc3[nH]nc4nc(NCC5CCCCCC5)nc2c34)cc1. The van der Waals surface area contributed by atoms with Crippen molar-refractivity contribution in [1.29, 1.82) is 0 Å². The lowest BCUT2D eigenvalue weighted by Gasteiger charge is -2.28. The van der Waals surface area contributed by atoms with E-state index in [2.05, 4.69) is 50.7 Å². The molecule has 146 valence electrons. The van der Waals surface area contributed by atoms with Gasteiger partial charge in [-0.2, -0.15) is 15.1 Å². The zero-order valence-corrected chi connectivity index (χ0v) is 16.3. The van der Waals surface area contributed by atoms with Gasteiger partial charge in [-0.1, -0.05) is 56.0 Å². The smallest absolute Gasteiger partial charge is 0.226 e. The number of aromatic nitrogens is 4. The molecule has 2 N–H and O–H groups in total. The van der Waals surface area contributed by atoms with Gasteiger partial charge in [-0.15, -0.1) is 0 Å². The fourth-order valence-corrected chi connectivity index (χ4v) is 4.57. The van der Waals surface area contributed by atoms with Gasteiger partial charge in [-0.3, -0.25) is 5.10 Å². The highest BCUT2D eigenvalue weighted by Gasteiger charge is 2.25. The first kappa shape index (κ1) is 17.5. The molecule has 3 heterocycles. The van der Waals surface area contributed by atoms with E-state index in [0.717, 1.165) is 54.5 Å². The number of nitrogens with one attached hydrogen (secondary N) is 2. The van der Waals surface area contributed by atoms with Crippen LogP contribution in [0.2, 0.25) is 0 Å². The van der Waals surface area contributed by atoms with Crippen molar-refractivity contribution in [3.05, 3.63) is 41.6 Å². The molecular formula is C22H28N6. The van der Waals surface area contributed by atoms with Crippen molar-refractivity contribution in [2.24, 2.45) is 5.92 Å². The van der Waals surface area contributed by atoms with Crippen LogP contribution in [0.25, 0.3) is 11.0 Å². The molecule has 5 rings (SSSR count). The van der Waals surface area contributed by atoms with Crippen LogP contribution in [-0.2, 0) is 13.0 Å². The zero-order chi connectivity index (χ0) is 18.8. The van der Waals surface area contributed by atoms with Crippen LogP contribution in [0, 0.1) is 5.92 Å². The van der Waals surface area contributed by atoms with Crippen molar-refractivity contribution in [3.8, 4) is 0 Å². The Morgan fingerprint density at radius 2 is 1.86 bits per heavy atom. The van der Waals surface area contributed by atoms with Gasteiger partial charge in [0, 0.05) is 26.1 Å². The highest BCUT2D eigenvalue weighted by molar-refractivity contribution is 5.91. The number of aromatic amines is 1. The predicted octanol–water partition coefficient (Wildman–Crippen LogP) is 4.30. The van der Waals surface area contributed by atoms with Crippen LogP contribution in [0.5, 0.6) is 0 Å². The van der Waals surface area contributed by atoms with Gasteiger partial charge in [0.2, 0.25) is 5.95 Å². The molecule has 0 spiro atoms. The summed E-state index contributed by atoms with van der Waals surface area (Å²) in [4.78, 5) is 12.0. The fourth-order valence-electron chi connectivity index (χ4n) is 4.57. The molecule has 1 aromatic carbocycles. The van der Waals surface area contributed by atoms with E-state index in [1.54, 1.807) is 0 Å². The van der Waals surface area contributed by atoms with Gasteiger partial charge in [0.1, 0.15) is 5.82 Å². The number of hydrogen-bond acceptors (Lipinski definition) is 5. The minimum Gasteiger partial charge on any atom is -0.354 e. The molecule has 0 amide bonds. The summed E-state index contributed by atoms with van der Waals surface area (Å²) in [7, 11) is 0. The molecule has 2 aliphatic rings. The molecule has 1 aliphatic heterocycles. The average molecular weight is 377 g/mol. The van der Waals surface area contributed by atoms with E-state index in [9.17, 15) is 0 Å². The second-order valence-corrected chi connectivity index (χ2v) is 8.17. The van der Waals surface area contributed by atoms with Crippen molar-refractivity contribution < 1.29 is 0 Å². The lowest BCUT2D eigenvalue weighted by molar-refractivity contribution is 0.482. The molecule has 0 unspecified atom stereocenters. The van der Waals surface area contributed by atoms with Crippen molar-refractivity contribution >= 4 is 22.8 Å². The third kappa shape index (κ3) is 3.55. The highest BCUT2D eigenvalue weighted by atomic mass is 15.3. The average Bonchev–Trinajstić information content (AvgIpc) is 2.96. The van der Waals surface area contributed by atoms with Crippen LogP contribution in [0.1, 0.15) is 49.8 Å². The summed E-state index contributed by atoms with van der Waals surface area (Å²) in [5, 5.41) is 12.2. The van der Waals surface area contributed by atoms with Gasteiger partial charge in [-0.25, -0.2) is 0 Å². The Balaban J connectivity index is 1.40. The Morgan fingerprint density at radius 3 is 2.68 bits per heavy atom. The quantitative estimate of drug-likeness (QED) is 0.650. The topological polar surface area (TPSA) is 69.7 Å². The Hall–Kier alpha value is -2.63. The van der Waals surface area contributed by atoms with Crippen LogP contribution in [-0.4, -0.2) is 33.3 Å². The molecule has 0 atom stereocenters. The molecule has 28 heavy (non-hydrogen) atoms.